The van der Waals surface area contributed by atoms with Gasteiger partial charge >= 0.3 is 0 Å². The lowest BCUT2D eigenvalue weighted by Crippen LogP contribution is -2.42. The summed E-state index contributed by atoms with van der Waals surface area (Å²) < 4.78 is 0. The third-order valence-corrected chi connectivity index (χ3v) is 7.88. The van der Waals surface area contributed by atoms with Crippen LogP contribution in [0.4, 0.5) is 5.82 Å². The predicted molar refractivity (Wildman–Crippen MR) is 142 cm³/mol. The molecule has 2 aromatic rings. The van der Waals surface area contributed by atoms with Crippen molar-refractivity contribution < 1.29 is 14.7 Å². The van der Waals surface area contributed by atoms with Gasteiger partial charge in [0.25, 0.3) is 11.8 Å². The topological polar surface area (TPSA) is 77.0 Å². The molecule has 1 aromatic carbocycles. The highest BCUT2D eigenvalue weighted by Crippen LogP contribution is 2.32. The van der Waals surface area contributed by atoms with Gasteiger partial charge in [-0.2, -0.15) is 0 Å². The zero-order chi connectivity index (χ0) is 25.8. The van der Waals surface area contributed by atoms with Gasteiger partial charge in [-0.25, -0.2) is 4.98 Å². The summed E-state index contributed by atoms with van der Waals surface area (Å²) in [6, 6.07) is 11.2. The molecule has 1 unspecified atom stereocenters. The van der Waals surface area contributed by atoms with Gasteiger partial charge in [-0.15, -0.1) is 0 Å². The molecule has 1 N–H and O–H groups in total. The van der Waals surface area contributed by atoms with E-state index < -0.39 is 6.10 Å². The zero-order valence-corrected chi connectivity index (χ0v) is 22.2. The van der Waals surface area contributed by atoms with Crippen LogP contribution in [0.1, 0.15) is 59.7 Å². The number of amides is 2. The van der Waals surface area contributed by atoms with Crippen LogP contribution in [0.15, 0.2) is 36.4 Å². The Labute approximate surface area is 219 Å². The average Bonchev–Trinajstić information content (AvgIpc) is 2.88. The number of piperidine rings is 2. The monoisotopic (exact) mass is 512 g/mol. The quantitative estimate of drug-likeness (QED) is 0.583. The molecule has 1 aromatic heterocycles. The number of hydrogen-bond acceptors (Lipinski definition) is 5. The summed E-state index contributed by atoms with van der Waals surface area (Å²) in [7, 11) is 3.40. The Morgan fingerprint density at radius 2 is 1.69 bits per heavy atom. The number of aliphatic hydroxyl groups excluding tert-OH is 1. The first kappa shape index (κ1) is 26.4. The third-order valence-electron chi connectivity index (χ3n) is 7.59. The largest absolute Gasteiger partial charge is 0.378 e. The number of benzene rings is 1. The minimum absolute atomic E-state index is 0.143. The number of pyridine rings is 1. The van der Waals surface area contributed by atoms with Gasteiger partial charge in [-0.3, -0.25) is 9.59 Å². The van der Waals surface area contributed by atoms with Crippen molar-refractivity contribution in [3.63, 3.8) is 0 Å². The summed E-state index contributed by atoms with van der Waals surface area (Å²) >= 11 is 6.31. The first-order chi connectivity index (χ1) is 17.2. The van der Waals surface area contributed by atoms with Crippen LogP contribution in [0.5, 0.6) is 0 Å². The normalized spacial score (nSPS) is 18.2. The van der Waals surface area contributed by atoms with E-state index in [1.165, 1.54) is 11.3 Å². The van der Waals surface area contributed by atoms with E-state index in [9.17, 15) is 14.7 Å². The van der Waals surface area contributed by atoms with E-state index >= 15 is 0 Å². The molecule has 7 nitrogen and oxygen atoms in total. The minimum Gasteiger partial charge on any atom is -0.378 e. The van der Waals surface area contributed by atoms with E-state index in [0.29, 0.717) is 36.1 Å². The fourth-order valence-electron chi connectivity index (χ4n) is 5.42. The van der Waals surface area contributed by atoms with E-state index in [4.69, 9.17) is 11.6 Å². The number of rotatable bonds is 6. The number of hydrogen-bond donors (Lipinski definition) is 1. The summed E-state index contributed by atoms with van der Waals surface area (Å²) in [6.45, 7) is 5.24. The Morgan fingerprint density at radius 1 is 1.06 bits per heavy atom. The zero-order valence-electron chi connectivity index (χ0n) is 21.5. The van der Waals surface area contributed by atoms with Crippen LogP contribution in [0, 0.1) is 18.8 Å². The van der Waals surface area contributed by atoms with Crippen LogP contribution in [-0.4, -0.2) is 72.0 Å². The Bertz CT molecular complexity index is 1080. The Balaban J connectivity index is 1.23. The van der Waals surface area contributed by atoms with Gasteiger partial charge in [0.2, 0.25) is 0 Å². The van der Waals surface area contributed by atoms with Crippen molar-refractivity contribution in [2.45, 2.75) is 45.1 Å². The molecule has 1 atom stereocenters. The molecule has 2 saturated heterocycles. The average molecular weight is 513 g/mol. The van der Waals surface area contributed by atoms with E-state index in [-0.39, 0.29) is 17.0 Å². The number of carbonyl (C=O) groups is 2. The molecule has 0 bridgehead atoms. The number of aliphatic hydroxyl groups is 1. The molecule has 0 radical (unpaired) electrons. The van der Waals surface area contributed by atoms with Crippen molar-refractivity contribution in [3.05, 3.63) is 58.2 Å². The first-order valence-corrected chi connectivity index (χ1v) is 13.3. The van der Waals surface area contributed by atoms with Gasteiger partial charge < -0.3 is 19.8 Å². The molecule has 2 aliphatic rings. The summed E-state index contributed by atoms with van der Waals surface area (Å²) in [5.74, 6) is 1.78. The molecule has 3 heterocycles. The maximum atomic E-state index is 12.8. The summed E-state index contributed by atoms with van der Waals surface area (Å²) in [5.41, 5.74) is 2.14. The van der Waals surface area contributed by atoms with Crippen LogP contribution < -0.4 is 4.90 Å². The molecule has 0 spiro atoms. The smallest absolute Gasteiger partial charge is 0.256 e. The van der Waals surface area contributed by atoms with Gasteiger partial charge in [0, 0.05) is 40.3 Å². The van der Waals surface area contributed by atoms with Crippen molar-refractivity contribution in [2.24, 2.45) is 11.8 Å². The second-order valence-electron chi connectivity index (χ2n) is 10.5. The number of aryl methyl sites for hydroxylation is 1. The lowest BCUT2D eigenvalue weighted by molar-refractivity contribution is -0.142. The van der Waals surface area contributed by atoms with Crippen molar-refractivity contribution >= 4 is 29.2 Å². The van der Waals surface area contributed by atoms with Gasteiger partial charge in [0.05, 0.1) is 5.56 Å². The van der Waals surface area contributed by atoms with Crippen molar-refractivity contribution in [2.75, 3.05) is 45.2 Å². The molecule has 2 aliphatic heterocycles. The highest BCUT2D eigenvalue weighted by Gasteiger charge is 2.30. The van der Waals surface area contributed by atoms with Crippen LogP contribution >= 0.6 is 11.6 Å². The number of aromatic nitrogens is 1. The van der Waals surface area contributed by atoms with Gasteiger partial charge in [-0.05, 0) is 68.6 Å². The Kier molecular flexibility index (Phi) is 8.52. The van der Waals surface area contributed by atoms with E-state index in [2.05, 4.69) is 9.88 Å². The molecular weight excluding hydrogens is 476 g/mol. The lowest BCUT2D eigenvalue weighted by Gasteiger charge is -2.37. The number of likely N-dealkylation sites (tertiary alicyclic amines) is 1. The lowest BCUT2D eigenvalue weighted by atomic mass is 9.82. The second-order valence-corrected chi connectivity index (χ2v) is 10.8. The van der Waals surface area contributed by atoms with Crippen molar-refractivity contribution in [1.29, 1.82) is 0 Å². The summed E-state index contributed by atoms with van der Waals surface area (Å²) in [4.78, 5) is 35.1. The van der Waals surface area contributed by atoms with Crippen LogP contribution in [0.2, 0.25) is 5.15 Å². The van der Waals surface area contributed by atoms with E-state index in [1.807, 2.05) is 42.2 Å². The van der Waals surface area contributed by atoms with Crippen molar-refractivity contribution in [3.8, 4) is 0 Å². The third kappa shape index (κ3) is 6.19. The Hall–Kier alpha value is -2.64. The van der Waals surface area contributed by atoms with Gasteiger partial charge in [-0.1, -0.05) is 41.4 Å². The summed E-state index contributed by atoms with van der Waals surface area (Å²) in [5, 5.41) is 10.8. The SMILES string of the molecule is Cc1cccc(C(O)C(=O)N2CCC(CC3CCN(c4ccc(C(=O)N(C)C)c(Cl)n4)CC3)CC2)c1. The predicted octanol–water partition coefficient (Wildman–Crippen LogP) is 4.32. The van der Waals surface area contributed by atoms with E-state index in [1.54, 1.807) is 20.2 Å². The van der Waals surface area contributed by atoms with Gasteiger partial charge in [0.15, 0.2) is 6.10 Å². The maximum absolute atomic E-state index is 12.8. The van der Waals surface area contributed by atoms with E-state index in [0.717, 1.165) is 50.2 Å². The molecule has 2 amide bonds. The fourth-order valence-corrected chi connectivity index (χ4v) is 5.65. The molecule has 8 heteroatoms. The first-order valence-electron chi connectivity index (χ1n) is 12.9. The summed E-state index contributed by atoms with van der Waals surface area (Å²) in [6.07, 6.45) is 4.28. The minimum atomic E-state index is -1.08. The number of carbonyl (C=O) groups excluding carboxylic acids is 2. The number of nitrogens with zero attached hydrogens (tertiary/aromatic N) is 4. The molecular formula is C28H37ClN4O3. The molecule has 0 aliphatic carbocycles. The standard InChI is InChI=1S/C28H37ClN4O3/c1-19-5-4-6-22(17-19)25(34)28(36)33-15-11-21(12-16-33)18-20-9-13-32(14-10-20)24-8-7-23(26(29)30-24)27(35)31(2)3/h4-8,17,20-21,25,34H,9-16,18H2,1-3H3. The number of anilines is 1. The molecule has 0 saturated carbocycles. The molecule has 4 rings (SSSR count). The number of halogens is 1. The Morgan fingerprint density at radius 3 is 2.28 bits per heavy atom. The second kappa shape index (κ2) is 11.6. The van der Waals surface area contributed by atoms with Crippen LogP contribution in [0.3, 0.4) is 0 Å². The van der Waals surface area contributed by atoms with Crippen LogP contribution in [0.25, 0.3) is 0 Å². The fraction of sp³-hybridized carbons (Fsp3) is 0.536. The molecule has 36 heavy (non-hydrogen) atoms. The van der Waals surface area contributed by atoms with Gasteiger partial charge in [0.1, 0.15) is 11.0 Å². The highest BCUT2D eigenvalue weighted by atomic mass is 35.5. The molecule has 194 valence electrons. The molecule has 2 fully saturated rings. The van der Waals surface area contributed by atoms with Crippen LogP contribution in [-0.2, 0) is 4.79 Å². The highest BCUT2D eigenvalue weighted by molar-refractivity contribution is 6.32. The van der Waals surface area contributed by atoms with Crippen molar-refractivity contribution in [1.82, 2.24) is 14.8 Å². The maximum Gasteiger partial charge on any atom is 0.256 e.